The number of piperazine rings is 1. The van der Waals surface area contributed by atoms with Crippen molar-refractivity contribution in [3.63, 3.8) is 0 Å². The van der Waals surface area contributed by atoms with Gasteiger partial charge in [-0.25, -0.2) is 14.0 Å². The average Bonchev–Trinajstić information content (AvgIpc) is 3.55. The summed E-state index contributed by atoms with van der Waals surface area (Å²) >= 11 is 0. The molecule has 4 amide bonds. The third-order valence-electron chi connectivity index (χ3n) is 6.72. The molecule has 9 heteroatoms. The number of urea groups is 1. The molecule has 160 valence electrons. The predicted octanol–water partition coefficient (Wildman–Crippen LogP) is 2.27. The van der Waals surface area contributed by atoms with E-state index >= 15 is 0 Å². The van der Waals surface area contributed by atoms with Crippen molar-refractivity contribution in [3.8, 4) is 0 Å². The van der Waals surface area contributed by atoms with E-state index in [-0.39, 0.29) is 30.0 Å². The Labute approximate surface area is 173 Å². The molecule has 0 aromatic heterocycles. The number of benzene rings is 1. The van der Waals surface area contributed by atoms with E-state index in [1.165, 1.54) is 18.2 Å². The maximum Gasteiger partial charge on any atom is 0.410 e. The number of rotatable bonds is 2. The molecule has 4 fully saturated rings. The molecule has 1 unspecified atom stereocenters. The Morgan fingerprint density at radius 3 is 2.57 bits per heavy atom. The fourth-order valence-corrected chi connectivity index (χ4v) is 4.83. The standard InChI is InChI=1S/C21H25FN4O4/c22-15-2-1-3-16(12-15)23-19(28)25-10-11-26-17(13-25)21(30-20(26)29)6-8-24(9-7-21)18(27)14-4-5-14/h1-3,12,14,17H,4-11,13H2,(H,23,28). The third kappa shape index (κ3) is 3.36. The van der Waals surface area contributed by atoms with Crippen molar-refractivity contribution in [3.05, 3.63) is 30.1 Å². The van der Waals surface area contributed by atoms with Gasteiger partial charge in [-0.2, -0.15) is 0 Å². The van der Waals surface area contributed by atoms with Gasteiger partial charge in [0.25, 0.3) is 0 Å². The Kier molecular flexibility index (Phi) is 4.56. The lowest BCUT2D eigenvalue weighted by atomic mass is 9.83. The number of ether oxygens (including phenoxy) is 1. The van der Waals surface area contributed by atoms with E-state index in [0.717, 1.165) is 12.8 Å². The highest BCUT2D eigenvalue weighted by atomic mass is 19.1. The number of halogens is 1. The SMILES string of the molecule is O=C(Nc1cccc(F)c1)N1CCN2C(=O)OC3(CCN(C(=O)C4CC4)CC3)C2C1. The van der Waals surface area contributed by atoms with Crippen LogP contribution in [0.3, 0.4) is 0 Å². The second-order valence-electron chi connectivity index (χ2n) is 8.63. The van der Waals surface area contributed by atoms with Gasteiger partial charge in [-0.3, -0.25) is 9.69 Å². The number of piperidine rings is 1. The highest BCUT2D eigenvalue weighted by molar-refractivity contribution is 5.89. The minimum atomic E-state index is -0.671. The van der Waals surface area contributed by atoms with E-state index in [4.69, 9.17) is 4.74 Å². The summed E-state index contributed by atoms with van der Waals surface area (Å²) < 4.78 is 19.3. The first-order valence-corrected chi connectivity index (χ1v) is 10.6. The van der Waals surface area contributed by atoms with Crippen LogP contribution in [0.4, 0.5) is 19.7 Å². The molecule has 3 aliphatic heterocycles. The van der Waals surface area contributed by atoms with Crippen molar-refractivity contribution < 1.29 is 23.5 Å². The molecule has 3 heterocycles. The van der Waals surface area contributed by atoms with Gasteiger partial charge in [0.05, 0.1) is 6.04 Å². The van der Waals surface area contributed by atoms with E-state index in [1.54, 1.807) is 15.9 Å². The summed E-state index contributed by atoms with van der Waals surface area (Å²) in [6.45, 7) is 2.27. The lowest BCUT2D eigenvalue weighted by Crippen LogP contribution is -2.62. The number of nitrogens with one attached hydrogen (secondary N) is 1. The molecule has 30 heavy (non-hydrogen) atoms. The van der Waals surface area contributed by atoms with Crippen LogP contribution in [0.25, 0.3) is 0 Å². The molecule has 1 N–H and O–H groups in total. The highest BCUT2D eigenvalue weighted by Gasteiger charge is 2.57. The van der Waals surface area contributed by atoms with Crippen molar-refractivity contribution in [2.45, 2.75) is 37.3 Å². The molecule has 1 aliphatic carbocycles. The normalized spacial score (nSPS) is 25.2. The Hall–Kier alpha value is -2.84. The minimum absolute atomic E-state index is 0.179. The number of fused-ring (bicyclic) bond motifs is 2. The molecule has 5 rings (SSSR count). The van der Waals surface area contributed by atoms with Crippen LogP contribution < -0.4 is 5.32 Å². The Morgan fingerprint density at radius 1 is 1.10 bits per heavy atom. The topological polar surface area (TPSA) is 82.2 Å². The zero-order chi connectivity index (χ0) is 20.9. The number of amides is 4. The van der Waals surface area contributed by atoms with E-state index in [9.17, 15) is 18.8 Å². The number of hydrogen-bond donors (Lipinski definition) is 1. The first kappa shape index (κ1) is 19.1. The van der Waals surface area contributed by atoms with Crippen molar-refractivity contribution in [1.29, 1.82) is 0 Å². The first-order valence-electron chi connectivity index (χ1n) is 10.6. The molecule has 1 aromatic carbocycles. The van der Waals surface area contributed by atoms with Gasteiger partial charge in [-0.1, -0.05) is 6.07 Å². The maximum absolute atomic E-state index is 13.4. The number of carbonyl (C=O) groups is 3. The van der Waals surface area contributed by atoms with Gasteiger partial charge in [0.1, 0.15) is 11.4 Å². The molecule has 4 aliphatic rings. The van der Waals surface area contributed by atoms with Gasteiger partial charge < -0.3 is 19.9 Å². The molecule has 0 bridgehead atoms. The van der Waals surface area contributed by atoms with Crippen LogP contribution in [0.15, 0.2) is 24.3 Å². The molecular formula is C21H25FN4O4. The van der Waals surface area contributed by atoms with Crippen LogP contribution in [-0.4, -0.2) is 77.1 Å². The zero-order valence-corrected chi connectivity index (χ0v) is 16.7. The van der Waals surface area contributed by atoms with Crippen LogP contribution in [0.1, 0.15) is 25.7 Å². The van der Waals surface area contributed by atoms with E-state index in [1.807, 2.05) is 4.90 Å². The summed E-state index contributed by atoms with van der Waals surface area (Å²) in [5.41, 5.74) is -0.280. The number of likely N-dealkylation sites (tertiary alicyclic amines) is 1. The van der Waals surface area contributed by atoms with Crippen molar-refractivity contribution in [2.24, 2.45) is 5.92 Å². The monoisotopic (exact) mass is 416 g/mol. The summed E-state index contributed by atoms with van der Waals surface area (Å²) in [5.74, 6) is -0.0250. The number of carbonyl (C=O) groups excluding carboxylic acids is 3. The molecule has 0 radical (unpaired) electrons. The maximum atomic E-state index is 13.4. The first-order chi connectivity index (χ1) is 14.4. The van der Waals surface area contributed by atoms with Crippen LogP contribution in [0, 0.1) is 11.7 Å². The van der Waals surface area contributed by atoms with Crippen LogP contribution >= 0.6 is 0 Å². The second-order valence-corrected chi connectivity index (χ2v) is 8.63. The summed E-state index contributed by atoms with van der Waals surface area (Å²) in [7, 11) is 0. The third-order valence-corrected chi connectivity index (χ3v) is 6.72. The molecule has 1 atom stereocenters. The van der Waals surface area contributed by atoms with Crippen molar-refractivity contribution in [2.75, 3.05) is 38.0 Å². The van der Waals surface area contributed by atoms with Gasteiger partial charge in [0.2, 0.25) is 5.91 Å². The van der Waals surface area contributed by atoms with Crippen LogP contribution in [-0.2, 0) is 9.53 Å². The number of hydrogen-bond acceptors (Lipinski definition) is 4. The summed E-state index contributed by atoms with van der Waals surface area (Å²) in [4.78, 5) is 42.8. The van der Waals surface area contributed by atoms with E-state index in [2.05, 4.69) is 5.32 Å². The molecule has 1 spiro atoms. The van der Waals surface area contributed by atoms with Gasteiger partial charge in [0, 0.05) is 57.2 Å². The molecular weight excluding hydrogens is 391 g/mol. The smallest absolute Gasteiger partial charge is 0.410 e. The molecule has 8 nitrogen and oxygen atoms in total. The molecule has 1 saturated carbocycles. The predicted molar refractivity (Wildman–Crippen MR) is 105 cm³/mol. The van der Waals surface area contributed by atoms with Gasteiger partial charge in [-0.15, -0.1) is 0 Å². The Balaban J connectivity index is 1.26. The van der Waals surface area contributed by atoms with Crippen LogP contribution in [0.2, 0.25) is 0 Å². The fourth-order valence-electron chi connectivity index (χ4n) is 4.83. The lowest BCUT2D eigenvalue weighted by molar-refractivity contribution is -0.136. The number of nitrogens with zero attached hydrogens (tertiary/aromatic N) is 3. The van der Waals surface area contributed by atoms with E-state index in [0.29, 0.717) is 51.3 Å². The number of anilines is 1. The zero-order valence-electron chi connectivity index (χ0n) is 16.7. The van der Waals surface area contributed by atoms with Crippen LogP contribution in [0.5, 0.6) is 0 Å². The van der Waals surface area contributed by atoms with Gasteiger partial charge in [0.15, 0.2) is 0 Å². The largest absolute Gasteiger partial charge is 0.440 e. The Bertz CT molecular complexity index is 882. The summed E-state index contributed by atoms with van der Waals surface area (Å²) in [6, 6.07) is 5.20. The molecule has 1 aromatic rings. The second kappa shape index (κ2) is 7.14. The van der Waals surface area contributed by atoms with Gasteiger partial charge in [-0.05, 0) is 31.0 Å². The summed E-state index contributed by atoms with van der Waals surface area (Å²) in [6.07, 6.45) is 2.77. The van der Waals surface area contributed by atoms with E-state index < -0.39 is 11.4 Å². The Morgan fingerprint density at radius 2 is 1.87 bits per heavy atom. The minimum Gasteiger partial charge on any atom is -0.440 e. The fraction of sp³-hybridized carbons (Fsp3) is 0.571. The summed E-state index contributed by atoms with van der Waals surface area (Å²) in [5, 5.41) is 2.73. The highest BCUT2D eigenvalue weighted by Crippen LogP contribution is 2.41. The molecule has 3 saturated heterocycles. The van der Waals surface area contributed by atoms with Gasteiger partial charge >= 0.3 is 12.1 Å². The van der Waals surface area contributed by atoms with Crippen molar-refractivity contribution >= 4 is 23.7 Å². The van der Waals surface area contributed by atoms with Crippen molar-refractivity contribution in [1.82, 2.24) is 14.7 Å². The average molecular weight is 416 g/mol. The quantitative estimate of drug-likeness (QED) is 0.802. The lowest BCUT2D eigenvalue weighted by Gasteiger charge is -2.45.